The van der Waals surface area contributed by atoms with Gasteiger partial charge in [0.05, 0.1) is 79.4 Å². The fraction of sp³-hybridized carbons (Fsp3) is 0.0241. The number of rotatable bonds is 11. The third kappa shape index (κ3) is 9.93. The summed E-state index contributed by atoms with van der Waals surface area (Å²) in [6.45, 7) is 0.643. The van der Waals surface area contributed by atoms with E-state index in [-0.39, 0.29) is 16.7 Å². The zero-order valence-corrected chi connectivity index (χ0v) is 50.2. The van der Waals surface area contributed by atoms with Crippen molar-refractivity contribution in [3.8, 4) is 102 Å². The zero-order valence-electron chi connectivity index (χ0n) is 50.2. The van der Waals surface area contributed by atoms with Crippen LogP contribution in [0.25, 0.3) is 145 Å². The molecule has 1 aliphatic heterocycles. The topological polar surface area (TPSA) is 108 Å². The second-order valence-corrected chi connectivity index (χ2v) is 23.2. The van der Waals surface area contributed by atoms with Crippen molar-refractivity contribution in [2.24, 2.45) is 0 Å². The Morgan fingerprint density at radius 2 is 0.755 bits per heavy atom. The van der Waals surface area contributed by atoms with E-state index in [2.05, 4.69) is 112 Å². The molecule has 16 rings (SSSR count). The average Bonchev–Trinajstić information content (AvgIpc) is 1.57. The molecule has 0 bridgehead atoms. The van der Waals surface area contributed by atoms with Crippen LogP contribution < -0.4 is 5.32 Å². The minimum atomic E-state index is -4.84. The van der Waals surface area contributed by atoms with Crippen LogP contribution in [0.15, 0.2) is 292 Å². The number of nitriles is 2. The molecular weight excluding hydrogens is 1170 g/mol. The van der Waals surface area contributed by atoms with Crippen LogP contribution in [-0.4, -0.2) is 30.6 Å². The quantitative estimate of drug-likeness (QED) is 0.138. The number of allylic oxidation sites excluding steroid dienone is 2. The molecule has 6 heterocycles. The fourth-order valence-corrected chi connectivity index (χ4v) is 13.6. The molecule has 0 amide bonds. The van der Waals surface area contributed by atoms with Crippen molar-refractivity contribution in [1.82, 2.24) is 29.4 Å². The molecule has 0 spiro atoms. The van der Waals surface area contributed by atoms with E-state index in [1.54, 1.807) is 30.7 Å². The molecule has 0 saturated carbocycles. The van der Waals surface area contributed by atoms with Crippen molar-refractivity contribution in [3.05, 3.63) is 319 Å². The van der Waals surface area contributed by atoms with Gasteiger partial charge in [0.15, 0.2) is 0 Å². The fourth-order valence-electron chi connectivity index (χ4n) is 13.6. The van der Waals surface area contributed by atoms with Crippen LogP contribution in [0.5, 0.6) is 0 Å². The summed E-state index contributed by atoms with van der Waals surface area (Å²) < 4.78 is 50.9. The summed E-state index contributed by atoms with van der Waals surface area (Å²) in [5, 5.41) is 29.2. The maximum Gasteiger partial charge on any atom is 0.416 e. The van der Waals surface area contributed by atoms with E-state index >= 15 is 13.2 Å². The van der Waals surface area contributed by atoms with Crippen molar-refractivity contribution >= 4 is 54.9 Å². The Kier molecular flexibility index (Phi) is 14.0. The maximum atomic E-state index is 15.6. The number of nitrogens with zero attached hydrogens (tertiary/aromatic N) is 7. The third-order valence-electron chi connectivity index (χ3n) is 17.7. The van der Waals surface area contributed by atoms with Crippen LogP contribution in [0.4, 0.5) is 13.2 Å². The lowest BCUT2D eigenvalue weighted by Crippen LogP contribution is -2.16. The van der Waals surface area contributed by atoms with Gasteiger partial charge in [0.25, 0.3) is 0 Å². The van der Waals surface area contributed by atoms with Crippen LogP contribution in [0.3, 0.4) is 0 Å². The molecule has 444 valence electrons. The molecule has 1 N–H and O–H groups in total. The van der Waals surface area contributed by atoms with Gasteiger partial charge in [-0.1, -0.05) is 176 Å². The van der Waals surface area contributed by atoms with Crippen molar-refractivity contribution in [1.29, 1.82) is 10.5 Å². The summed E-state index contributed by atoms with van der Waals surface area (Å²) in [6.07, 6.45) is 4.77. The monoisotopic (exact) mass is 1220 g/mol. The molecule has 5 aromatic heterocycles. The smallest absolute Gasteiger partial charge is 0.381 e. The van der Waals surface area contributed by atoms with Gasteiger partial charge in [-0.05, 0) is 130 Å². The van der Waals surface area contributed by atoms with Crippen molar-refractivity contribution < 1.29 is 13.2 Å². The standard InChI is InChI=1S/C83H51F3N8/c84-83(85,86)63-42-52(50-87)41-62(45-63)78-76(93-72-33-29-58(64-25-13-37-89-79(64)54-17-5-1-6-18-54)46-68(72)69-47-59(30-34-73(69)93)65-26-14-38-90-80(65)55-19-7-2-8-20-55)43-53(51-88)44-77(78)94-74-35-31-60(66-27-15-39-91-81(66)56-21-9-3-10-22-56)48-70(74)71-49-61(32-36-75(71)94)67-28-16-40-92-82(67)57-23-11-4-12-24-57/h1-39,41-49,92H,40H2. The van der Waals surface area contributed by atoms with Gasteiger partial charge >= 0.3 is 6.18 Å². The summed E-state index contributed by atoms with van der Waals surface area (Å²) in [7, 11) is 0. The molecule has 94 heavy (non-hydrogen) atoms. The highest BCUT2D eigenvalue weighted by Gasteiger charge is 2.33. The number of pyridine rings is 3. The number of dihydropyridines is 1. The van der Waals surface area contributed by atoms with E-state index in [1.165, 1.54) is 6.07 Å². The van der Waals surface area contributed by atoms with E-state index in [1.807, 2.05) is 158 Å². The highest BCUT2D eigenvalue weighted by molar-refractivity contribution is 6.15. The molecule has 1 aliphatic rings. The number of halogens is 3. The van der Waals surface area contributed by atoms with Gasteiger partial charge in [-0.25, -0.2) is 0 Å². The van der Waals surface area contributed by atoms with Gasteiger partial charge in [0.1, 0.15) is 0 Å². The number of hydrogen-bond acceptors (Lipinski definition) is 6. The summed E-state index contributed by atoms with van der Waals surface area (Å²) in [4.78, 5) is 14.7. The molecule has 0 unspecified atom stereocenters. The van der Waals surface area contributed by atoms with Crippen molar-refractivity contribution in [2.45, 2.75) is 6.18 Å². The van der Waals surface area contributed by atoms with Crippen LogP contribution in [-0.2, 0) is 6.18 Å². The maximum absolute atomic E-state index is 15.6. The first kappa shape index (κ1) is 56.5. The lowest BCUT2D eigenvalue weighted by Gasteiger charge is -2.22. The SMILES string of the molecule is N#Cc1cc(-c2c(-n3c4ccc(C5=C(c6ccccc6)NCC=C5)cc4c4cc(-c5cccnc5-c5ccccc5)ccc43)cc(C#N)cc2-n2c3ccc(-c4cccnc4-c4ccccc4)cc3c3cc(-c4cccnc4-c4ccccc4)ccc32)cc(C(F)(F)F)c1. The molecule has 11 heteroatoms. The van der Waals surface area contributed by atoms with Crippen molar-refractivity contribution in [3.63, 3.8) is 0 Å². The van der Waals surface area contributed by atoms with Gasteiger partial charge in [-0.2, -0.15) is 23.7 Å². The molecule has 10 aromatic carbocycles. The highest BCUT2D eigenvalue weighted by Crippen LogP contribution is 2.48. The number of benzene rings is 10. The predicted octanol–water partition coefficient (Wildman–Crippen LogP) is 20.5. The van der Waals surface area contributed by atoms with Gasteiger partial charge in [-0.15, -0.1) is 0 Å². The Hall–Kier alpha value is -12.7. The summed E-state index contributed by atoms with van der Waals surface area (Å²) in [5.74, 6) is 0. The third-order valence-corrected chi connectivity index (χ3v) is 17.7. The second-order valence-electron chi connectivity index (χ2n) is 23.2. The summed E-state index contributed by atoms with van der Waals surface area (Å²) in [6, 6.07) is 88.9. The van der Waals surface area contributed by atoms with Crippen molar-refractivity contribution in [2.75, 3.05) is 6.54 Å². The number of aromatic nitrogens is 5. The molecule has 8 nitrogen and oxygen atoms in total. The van der Waals surface area contributed by atoms with Crippen LogP contribution in [0, 0.1) is 22.7 Å². The summed E-state index contributed by atoms with van der Waals surface area (Å²) >= 11 is 0. The van der Waals surface area contributed by atoms with E-state index in [0.29, 0.717) is 34.5 Å². The molecule has 0 atom stereocenters. The minimum absolute atomic E-state index is 0.122. The Bertz CT molecular complexity index is 5540. The van der Waals surface area contributed by atoms with Gasteiger partial charge in [0, 0.05) is 96.9 Å². The average molecular weight is 1220 g/mol. The van der Waals surface area contributed by atoms with Gasteiger partial charge in [-0.3, -0.25) is 15.0 Å². The number of fused-ring (bicyclic) bond motifs is 6. The van der Waals surface area contributed by atoms with E-state index in [4.69, 9.17) is 15.0 Å². The Labute approximate surface area is 539 Å². The zero-order chi connectivity index (χ0) is 63.4. The number of hydrogen-bond donors (Lipinski definition) is 1. The molecule has 0 fully saturated rings. The van der Waals surface area contributed by atoms with E-state index < -0.39 is 11.7 Å². The molecule has 0 radical (unpaired) electrons. The number of alkyl halides is 3. The first-order valence-electron chi connectivity index (χ1n) is 30.8. The second kappa shape index (κ2) is 23.3. The van der Waals surface area contributed by atoms with Gasteiger partial charge in [0.2, 0.25) is 0 Å². The first-order chi connectivity index (χ1) is 46.2. The largest absolute Gasteiger partial charge is 0.416 e. The van der Waals surface area contributed by atoms with Gasteiger partial charge < -0.3 is 14.5 Å². The van der Waals surface area contributed by atoms with Crippen LogP contribution in [0.2, 0.25) is 0 Å². The number of nitrogens with one attached hydrogen (secondary N) is 1. The molecular formula is C83H51F3N8. The van der Waals surface area contributed by atoms with E-state index in [0.717, 1.165) is 134 Å². The Morgan fingerprint density at radius 3 is 1.16 bits per heavy atom. The minimum Gasteiger partial charge on any atom is -0.381 e. The first-order valence-corrected chi connectivity index (χ1v) is 30.8. The lowest BCUT2D eigenvalue weighted by atomic mass is 9.94. The molecule has 15 aromatic rings. The Morgan fingerprint density at radius 1 is 0.372 bits per heavy atom. The van der Waals surface area contributed by atoms with Crippen LogP contribution in [0.1, 0.15) is 27.8 Å². The predicted molar refractivity (Wildman–Crippen MR) is 371 cm³/mol. The van der Waals surface area contributed by atoms with Crippen LogP contribution >= 0.6 is 0 Å². The lowest BCUT2D eigenvalue weighted by molar-refractivity contribution is -0.137. The Balaban J connectivity index is 1.02. The molecule has 0 aliphatic carbocycles. The van der Waals surface area contributed by atoms with E-state index in [9.17, 15) is 10.5 Å². The molecule has 0 saturated heterocycles. The highest BCUT2D eigenvalue weighted by atomic mass is 19.4. The summed E-state index contributed by atoms with van der Waals surface area (Å²) in [5.41, 5.74) is 17.8. The normalized spacial score (nSPS) is 12.4.